The van der Waals surface area contributed by atoms with Crippen LogP contribution in [-0.4, -0.2) is 29.8 Å². The number of hydrogen-bond acceptors (Lipinski definition) is 4. The fourth-order valence-electron chi connectivity index (χ4n) is 3.37. The first-order valence-corrected chi connectivity index (χ1v) is 6.64. The summed E-state index contributed by atoms with van der Waals surface area (Å²) in [6.45, 7) is 8.51. The van der Waals surface area contributed by atoms with E-state index in [1.54, 1.807) is 6.92 Å². The van der Waals surface area contributed by atoms with Gasteiger partial charge in [-0.05, 0) is 37.5 Å². The van der Waals surface area contributed by atoms with Crippen molar-refractivity contribution in [2.45, 2.75) is 39.7 Å². The highest BCUT2D eigenvalue weighted by Gasteiger charge is 2.59. The summed E-state index contributed by atoms with van der Waals surface area (Å²) in [5.74, 6) is 0.463. The molecule has 4 nitrogen and oxygen atoms in total. The number of esters is 1. The van der Waals surface area contributed by atoms with Crippen molar-refractivity contribution in [3.8, 4) is 0 Å². The summed E-state index contributed by atoms with van der Waals surface area (Å²) in [7, 11) is 0. The molecule has 0 heterocycles. The molecule has 1 saturated carbocycles. The Morgan fingerprint density at radius 3 is 2.72 bits per heavy atom. The molecule has 18 heavy (non-hydrogen) atoms. The molecule has 3 aliphatic rings. The quantitative estimate of drug-likeness (QED) is 0.745. The minimum Gasteiger partial charge on any atom is -0.465 e. The van der Waals surface area contributed by atoms with Crippen molar-refractivity contribution in [2.75, 3.05) is 13.2 Å². The van der Waals surface area contributed by atoms with Crippen molar-refractivity contribution in [2.24, 2.45) is 17.3 Å². The molecule has 3 aliphatic carbocycles. The molecule has 0 aliphatic heterocycles. The Morgan fingerprint density at radius 2 is 2.22 bits per heavy atom. The molecule has 3 atom stereocenters. The second-order valence-electron chi connectivity index (χ2n) is 6.10. The molecule has 2 bridgehead atoms. The third-order valence-corrected chi connectivity index (χ3v) is 4.66. The molecule has 4 heteroatoms. The van der Waals surface area contributed by atoms with Gasteiger partial charge in [0.25, 0.3) is 0 Å². The molecule has 102 valence electrons. The van der Waals surface area contributed by atoms with Gasteiger partial charge in [-0.2, -0.15) is 0 Å². The van der Waals surface area contributed by atoms with Crippen molar-refractivity contribution in [1.29, 1.82) is 0 Å². The maximum absolute atomic E-state index is 11.3. The summed E-state index contributed by atoms with van der Waals surface area (Å²) in [5.41, 5.74) is 0.0553. The molecule has 0 aromatic heterocycles. The Bertz CT molecular complexity index is 385. The third kappa shape index (κ3) is 1.92. The van der Waals surface area contributed by atoms with Gasteiger partial charge < -0.3 is 15.2 Å². The van der Waals surface area contributed by atoms with E-state index in [1.165, 1.54) is 0 Å². The second kappa shape index (κ2) is 4.26. The lowest BCUT2D eigenvalue weighted by Gasteiger charge is -2.61. The van der Waals surface area contributed by atoms with Gasteiger partial charge in [-0.25, -0.2) is 0 Å². The normalized spacial score (nSPS) is 36.4. The Balaban J connectivity index is 2.04. The minimum absolute atomic E-state index is 0.121. The SMILES string of the molecule is CCOC(=O)CNC1=CC2CC(C2(C)C)[C@@]1(C)O. The topological polar surface area (TPSA) is 58.6 Å². The Kier molecular flexibility index (Phi) is 3.18. The van der Waals surface area contributed by atoms with E-state index in [1.807, 2.05) is 6.92 Å². The van der Waals surface area contributed by atoms with Crippen LogP contribution < -0.4 is 5.32 Å². The Hall–Kier alpha value is -1.03. The first-order chi connectivity index (χ1) is 8.30. The zero-order chi connectivity index (χ0) is 13.6. The molecule has 0 amide bonds. The summed E-state index contributed by atoms with van der Waals surface area (Å²) in [6.07, 6.45) is 3.11. The highest BCUT2D eigenvalue weighted by atomic mass is 16.5. The summed E-state index contributed by atoms with van der Waals surface area (Å²) in [5, 5.41) is 13.7. The molecule has 0 spiro atoms. The average molecular weight is 253 g/mol. The van der Waals surface area contributed by atoms with Gasteiger partial charge in [0.05, 0.1) is 6.61 Å². The van der Waals surface area contributed by atoms with Gasteiger partial charge >= 0.3 is 5.97 Å². The van der Waals surface area contributed by atoms with Crippen LogP contribution in [0.3, 0.4) is 0 Å². The van der Waals surface area contributed by atoms with Gasteiger partial charge in [-0.15, -0.1) is 0 Å². The van der Waals surface area contributed by atoms with Crippen molar-refractivity contribution in [3.05, 3.63) is 11.8 Å². The highest BCUT2D eigenvalue weighted by Crippen LogP contribution is 2.61. The molecule has 1 fully saturated rings. The van der Waals surface area contributed by atoms with E-state index in [0.29, 0.717) is 12.5 Å². The minimum atomic E-state index is -0.870. The van der Waals surface area contributed by atoms with Gasteiger partial charge in [0.1, 0.15) is 12.1 Å². The number of hydrogen-bond donors (Lipinski definition) is 2. The van der Waals surface area contributed by atoms with E-state index in [-0.39, 0.29) is 23.8 Å². The zero-order valence-corrected chi connectivity index (χ0v) is 11.6. The maximum Gasteiger partial charge on any atom is 0.325 e. The molecule has 2 unspecified atom stereocenters. The summed E-state index contributed by atoms with van der Waals surface area (Å²) in [4.78, 5) is 11.3. The van der Waals surface area contributed by atoms with E-state index < -0.39 is 5.60 Å². The summed E-state index contributed by atoms with van der Waals surface area (Å²) in [6, 6.07) is 0. The molecule has 3 rings (SSSR count). The lowest BCUT2D eigenvalue weighted by molar-refractivity contribution is -0.143. The monoisotopic (exact) mass is 253 g/mol. The van der Waals surface area contributed by atoms with Crippen molar-refractivity contribution in [1.82, 2.24) is 5.32 Å². The number of ether oxygens (including phenoxy) is 1. The van der Waals surface area contributed by atoms with Gasteiger partial charge in [0.15, 0.2) is 0 Å². The molecule has 0 radical (unpaired) electrons. The van der Waals surface area contributed by atoms with Crippen molar-refractivity contribution in [3.63, 3.8) is 0 Å². The predicted molar refractivity (Wildman–Crippen MR) is 68.7 cm³/mol. The van der Waals surface area contributed by atoms with E-state index >= 15 is 0 Å². The van der Waals surface area contributed by atoms with Crippen molar-refractivity contribution >= 4 is 5.97 Å². The first-order valence-electron chi connectivity index (χ1n) is 6.64. The van der Waals surface area contributed by atoms with Crippen LogP contribution in [-0.2, 0) is 9.53 Å². The fourth-order valence-corrected chi connectivity index (χ4v) is 3.37. The highest BCUT2D eigenvalue weighted by molar-refractivity contribution is 5.72. The van der Waals surface area contributed by atoms with Crippen LogP contribution in [0.4, 0.5) is 0 Å². The van der Waals surface area contributed by atoms with Gasteiger partial charge in [-0.3, -0.25) is 4.79 Å². The van der Waals surface area contributed by atoms with Crippen LogP contribution in [0.15, 0.2) is 11.8 Å². The molecule has 2 N–H and O–H groups in total. The van der Waals surface area contributed by atoms with Crippen LogP contribution in [0, 0.1) is 17.3 Å². The summed E-state index contributed by atoms with van der Waals surface area (Å²) < 4.78 is 4.87. The van der Waals surface area contributed by atoms with Crippen LogP contribution in [0.1, 0.15) is 34.1 Å². The van der Waals surface area contributed by atoms with Crippen LogP contribution in [0.5, 0.6) is 0 Å². The van der Waals surface area contributed by atoms with E-state index in [4.69, 9.17) is 4.74 Å². The van der Waals surface area contributed by atoms with Gasteiger partial charge in [0, 0.05) is 5.70 Å². The number of fused-ring (bicyclic) bond motifs is 1. The van der Waals surface area contributed by atoms with Gasteiger partial charge in [-0.1, -0.05) is 19.9 Å². The maximum atomic E-state index is 11.3. The number of rotatable bonds is 4. The zero-order valence-electron chi connectivity index (χ0n) is 11.6. The predicted octanol–water partition coefficient (Wildman–Crippen LogP) is 1.45. The average Bonchev–Trinajstić information content (AvgIpc) is 2.26. The lowest BCUT2D eigenvalue weighted by atomic mass is 9.46. The van der Waals surface area contributed by atoms with E-state index in [9.17, 15) is 9.90 Å². The third-order valence-electron chi connectivity index (χ3n) is 4.66. The number of allylic oxidation sites excluding steroid dienone is 1. The molecular weight excluding hydrogens is 230 g/mol. The van der Waals surface area contributed by atoms with Crippen LogP contribution in [0.2, 0.25) is 0 Å². The Labute approximate surface area is 108 Å². The number of carbonyl (C=O) groups is 1. The van der Waals surface area contributed by atoms with Gasteiger partial charge in [0.2, 0.25) is 0 Å². The first kappa shape index (κ1) is 13.4. The molecule has 0 saturated heterocycles. The van der Waals surface area contributed by atoms with E-state index in [2.05, 4.69) is 25.2 Å². The van der Waals surface area contributed by atoms with E-state index in [0.717, 1.165) is 12.1 Å². The standard InChI is InChI=1S/C14H23NO3/c1-5-18-12(16)8-15-11-7-9-6-10(13(9,2)3)14(11,4)17/h7,9-10,15,17H,5-6,8H2,1-4H3/t9?,10?,14-/m1/s1. The molecule has 0 aromatic carbocycles. The number of aliphatic hydroxyl groups is 1. The largest absolute Gasteiger partial charge is 0.465 e. The summed E-state index contributed by atoms with van der Waals surface area (Å²) >= 11 is 0. The Morgan fingerprint density at radius 1 is 1.56 bits per heavy atom. The molecule has 0 aromatic rings. The van der Waals surface area contributed by atoms with Crippen molar-refractivity contribution < 1.29 is 14.6 Å². The molecular formula is C14H23NO3. The van der Waals surface area contributed by atoms with Crippen LogP contribution >= 0.6 is 0 Å². The number of nitrogens with one attached hydrogen (secondary N) is 1. The van der Waals surface area contributed by atoms with Crippen LogP contribution in [0.25, 0.3) is 0 Å². The smallest absolute Gasteiger partial charge is 0.325 e. The fraction of sp³-hybridized carbons (Fsp3) is 0.786. The number of carbonyl (C=O) groups excluding carboxylic acids is 1. The lowest BCUT2D eigenvalue weighted by Crippen LogP contribution is -2.61. The second-order valence-corrected chi connectivity index (χ2v) is 6.10.